The van der Waals surface area contributed by atoms with E-state index >= 15 is 0 Å². The summed E-state index contributed by atoms with van der Waals surface area (Å²) in [6.45, 7) is 4.23. The van der Waals surface area contributed by atoms with Gasteiger partial charge in [0.2, 0.25) is 0 Å². The lowest BCUT2D eigenvalue weighted by Crippen LogP contribution is -2.30. The van der Waals surface area contributed by atoms with E-state index in [2.05, 4.69) is 35.8 Å². The van der Waals surface area contributed by atoms with Crippen molar-refractivity contribution in [1.82, 2.24) is 14.5 Å². The summed E-state index contributed by atoms with van der Waals surface area (Å²) >= 11 is 0. The third kappa shape index (κ3) is 7.65. The number of nitrogens with one attached hydrogen (secondary N) is 1. The Labute approximate surface area is 276 Å². The second-order valence-corrected chi connectivity index (χ2v) is 12.1. The molecule has 6 rings (SSSR count). The van der Waals surface area contributed by atoms with E-state index < -0.39 is 0 Å². The number of fused-ring (bicyclic) bond motifs is 1. The van der Waals surface area contributed by atoms with Crippen LogP contribution in [0, 0.1) is 12.3 Å². The molecule has 6 aromatic rings. The van der Waals surface area contributed by atoms with Gasteiger partial charge in [0.25, 0.3) is 5.91 Å². The number of amides is 1. The third-order valence-corrected chi connectivity index (χ3v) is 8.57. The van der Waals surface area contributed by atoms with Crippen molar-refractivity contribution in [2.45, 2.75) is 45.9 Å². The second-order valence-electron chi connectivity index (χ2n) is 12.1. The lowest BCUT2D eigenvalue weighted by molar-refractivity contribution is 0.0730. The maximum atomic E-state index is 14.2. The van der Waals surface area contributed by atoms with Gasteiger partial charge in [-0.15, -0.1) is 0 Å². The number of benzene rings is 5. The Hall–Kier alpha value is -5.53. The highest BCUT2D eigenvalue weighted by Crippen LogP contribution is 2.24. The van der Waals surface area contributed by atoms with Crippen molar-refractivity contribution in [3.05, 3.63) is 172 Å². The maximum Gasteiger partial charge on any atom is 0.254 e. The van der Waals surface area contributed by atoms with Crippen molar-refractivity contribution in [2.24, 2.45) is 11.5 Å². The number of carbonyl (C=O) groups excluding carboxylic acids is 1. The molecule has 5 N–H and O–H groups in total. The fourth-order valence-electron chi connectivity index (χ4n) is 5.85. The van der Waals surface area contributed by atoms with Crippen LogP contribution in [0.15, 0.2) is 121 Å². The van der Waals surface area contributed by atoms with E-state index in [1.54, 1.807) is 0 Å². The number of amidine groups is 1. The maximum absolute atomic E-state index is 14.2. The van der Waals surface area contributed by atoms with Crippen LogP contribution in [-0.4, -0.2) is 26.2 Å². The highest BCUT2D eigenvalue weighted by molar-refractivity contribution is 5.97. The molecule has 5 aromatic carbocycles. The normalized spacial score (nSPS) is 11.1. The minimum atomic E-state index is -0.0427. The minimum Gasteiger partial charge on any atom is -0.384 e. The summed E-state index contributed by atoms with van der Waals surface area (Å²) in [6, 6.07) is 40.5. The first-order chi connectivity index (χ1) is 22.9. The van der Waals surface area contributed by atoms with Crippen LogP contribution in [-0.2, 0) is 39.0 Å². The van der Waals surface area contributed by atoms with Crippen LogP contribution in [0.4, 0.5) is 0 Å². The summed E-state index contributed by atoms with van der Waals surface area (Å²) < 4.78 is 2.26. The number of aromatic nitrogens is 2. The zero-order valence-corrected chi connectivity index (χ0v) is 26.7. The van der Waals surface area contributed by atoms with Crippen LogP contribution >= 0.6 is 0 Å². The summed E-state index contributed by atoms with van der Waals surface area (Å²) in [4.78, 5) is 21.2. The van der Waals surface area contributed by atoms with Gasteiger partial charge < -0.3 is 20.9 Å². The molecule has 0 spiro atoms. The number of nitrogens with two attached hydrogens (primary N) is 2. The summed E-state index contributed by atoms with van der Waals surface area (Å²) in [5, 5.41) is 7.69. The van der Waals surface area contributed by atoms with E-state index in [0.29, 0.717) is 37.3 Å². The van der Waals surface area contributed by atoms with Crippen LogP contribution in [0.3, 0.4) is 0 Å². The van der Waals surface area contributed by atoms with E-state index in [1.165, 1.54) is 11.1 Å². The van der Waals surface area contributed by atoms with E-state index in [0.717, 1.165) is 52.0 Å². The molecule has 0 fully saturated rings. The van der Waals surface area contributed by atoms with Crippen LogP contribution < -0.4 is 11.5 Å². The number of carbonyl (C=O) groups is 1. The average molecular weight is 621 g/mol. The van der Waals surface area contributed by atoms with Crippen LogP contribution in [0.5, 0.6) is 0 Å². The predicted molar refractivity (Wildman–Crippen MR) is 189 cm³/mol. The largest absolute Gasteiger partial charge is 0.384 e. The average Bonchev–Trinajstić information content (AvgIpc) is 3.44. The number of hydrogen-bond acceptors (Lipinski definition) is 4. The molecular weight excluding hydrogens is 580 g/mol. The van der Waals surface area contributed by atoms with Crippen molar-refractivity contribution in [1.29, 1.82) is 5.41 Å². The van der Waals surface area contributed by atoms with Gasteiger partial charge in [-0.05, 0) is 59.4 Å². The number of rotatable bonds is 12. The van der Waals surface area contributed by atoms with Gasteiger partial charge in [-0.25, -0.2) is 4.98 Å². The molecule has 1 amide bonds. The van der Waals surface area contributed by atoms with Gasteiger partial charge >= 0.3 is 0 Å². The van der Waals surface area contributed by atoms with E-state index in [1.807, 2.05) is 102 Å². The fourth-order valence-corrected chi connectivity index (χ4v) is 5.85. The summed E-state index contributed by atoms with van der Waals surface area (Å²) in [5.41, 5.74) is 21.3. The van der Waals surface area contributed by atoms with Gasteiger partial charge in [-0.2, -0.15) is 0 Å². The number of hydrogen-bond donors (Lipinski definition) is 3. The summed E-state index contributed by atoms with van der Waals surface area (Å²) in [6.07, 6.45) is 1.51. The summed E-state index contributed by atoms with van der Waals surface area (Å²) in [7, 11) is 0. The molecular formula is C40H40N6O. The Morgan fingerprint density at radius 1 is 0.723 bits per heavy atom. The highest BCUT2D eigenvalue weighted by atomic mass is 16.2. The van der Waals surface area contributed by atoms with Crippen LogP contribution in [0.25, 0.3) is 11.0 Å². The van der Waals surface area contributed by atoms with Gasteiger partial charge in [-0.3, -0.25) is 10.2 Å². The molecule has 0 unspecified atom stereocenters. The van der Waals surface area contributed by atoms with Gasteiger partial charge in [0.05, 0.1) is 11.0 Å². The molecule has 0 aliphatic rings. The van der Waals surface area contributed by atoms with Crippen molar-refractivity contribution < 1.29 is 4.79 Å². The molecule has 0 aliphatic carbocycles. The third-order valence-electron chi connectivity index (χ3n) is 8.57. The molecule has 0 atom stereocenters. The van der Waals surface area contributed by atoms with Gasteiger partial charge in [0, 0.05) is 43.7 Å². The molecule has 47 heavy (non-hydrogen) atoms. The lowest BCUT2D eigenvalue weighted by Gasteiger charge is -2.23. The first-order valence-corrected chi connectivity index (χ1v) is 16.0. The number of nitrogens with zero attached hydrogens (tertiary/aromatic N) is 3. The fraction of sp³-hybridized carbons (Fsp3) is 0.175. The summed E-state index contributed by atoms with van der Waals surface area (Å²) in [5.74, 6) is 0.981. The number of aryl methyl sites for hydroxylation is 3. The molecule has 0 bridgehead atoms. The zero-order chi connectivity index (χ0) is 32.8. The quantitative estimate of drug-likeness (QED) is 0.104. The van der Waals surface area contributed by atoms with Crippen molar-refractivity contribution >= 4 is 22.8 Å². The Kier molecular flexibility index (Phi) is 9.55. The van der Waals surface area contributed by atoms with Crippen LogP contribution in [0.2, 0.25) is 0 Å². The van der Waals surface area contributed by atoms with Crippen LogP contribution in [0.1, 0.15) is 55.1 Å². The topological polar surface area (TPSA) is 114 Å². The molecule has 0 saturated carbocycles. The first-order valence-electron chi connectivity index (χ1n) is 16.0. The zero-order valence-electron chi connectivity index (χ0n) is 26.7. The van der Waals surface area contributed by atoms with Crippen molar-refractivity contribution in [2.75, 3.05) is 0 Å². The monoisotopic (exact) mass is 620 g/mol. The SMILES string of the molecule is Cc1ccc(Cn2c(CCc3ccc(C(=N)N)cc3)nc3cc(C(=O)N(Cc4ccccc4)Cc4ccc(CN)cc4)ccc32)cc1. The van der Waals surface area contributed by atoms with E-state index in [4.69, 9.17) is 21.9 Å². The molecule has 0 radical (unpaired) electrons. The molecule has 7 heteroatoms. The Bertz CT molecular complexity index is 1980. The molecule has 0 aliphatic heterocycles. The van der Waals surface area contributed by atoms with Crippen molar-refractivity contribution in [3.8, 4) is 0 Å². The van der Waals surface area contributed by atoms with E-state index in [9.17, 15) is 4.79 Å². The van der Waals surface area contributed by atoms with E-state index in [-0.39, 0.29) is 11.7 Å². The molecule has 7 nitrogen and oxygen atoms in total. The molecule has 1 aromatic heterocycles. The second kappa shape index (κ2) is 14.3. The number of imidazole rings is 1. The molecule has 1 heterocycles. The minimum absolute atomic E-state index is 0.0427. The standard InChI is InChI=1S/C40H40N6O/c1-28-7-9-33(10-8-28)27-46-37-21-20-35(23-36(37)44-38(46)22-17-29-15-18-34(19-16-29)39(42)43)40(47)45(25-31-5-3-2-4-6-31)26-32-13-11-30(24-41)12-14-32/h2-16,18-21,23H,17,22,24-27,41H2,1H3,(H3,42,43). The van der Waals surface area contributed by atoms with Gasteiger partial charge in [-0.1, -0.05) is 109 Å². The molecule has 236 valence electrons. The Balaban J connectivity index is 1.32. The first kappa shape index (κ1) is 31.5. The highest BCUT2D eigenvalue weighted by Gasteiger charge is 2.20. The van der Waals surface area contributed by atoms with Gasteiger partial charge in [0.1, 0.15) is 11.7 Å². The predicted octanol–water partition coefficient (Wildman–Crippen LogP) is 6.76. The Morgan fingerprint density at radius 2 is 1.32 bits per heavy atom. The van der Waals surface area contributed by atoms with Crippen molar-refractivity contribution in [3.63, 3.8) is 0 Å². The number of nitrogen functional groups attached to an aromatic ring is 1. The van der Waals surface area contributed by atoms with Gasteiger partial charge in [0.15, 0.2) is 0 Å². The smallest absolute Gasteiger partial charge is 0.254 e. The lowest BCUT2D eigenvalue weighted by atomic mass is 10.1. The Morgan fingerprint density at radius 3 is 1.98 bits per heavy atom. The molecule has 0 saturated heterocycles.